The molecule has 4 rings (SSSR count). The number of hydrogen-bond donors (Lipinski definition) is 2. The highest BCUT2D eigenvalue weighted by atomic mass is 32.2. The summed E-state index contributed by atoms with van der Waals surface area (Å²) < 4.78 is 0. The average molecular weight is 435 g/mol. The molecule has 4 heteroatoms. The standard InChI is InChI=1S/C26H42O3S/c1-14(2)22-18-12-20(29)23-24(5)10-9-19(28)15(3)17(24)8-11-25(23,6)26(18,7)13-21(22)30-16(4)27/h15,17-21,23,28-29H,8-13H2,1-7H3/t15-,17?,18?,19+,20+,21-,23?,24-,25-,26-/m0/s1. The number of allylic oxidation sites excluding steroid dienone is 1. The first-order valence-corrected chi connectivity index (χ1v) is 13.0. The Labute approximate surface area is 187 Å². The molecule has 10 atom stereocenters. The van der Waals surface area contributed by atoms with Crippen LogP contribution in [0.3, 0.4) is 0 Å². The maximum atomic E-state index is 12.1. The summed E-state index contributed by atoms with van der Waals surface area (Å²) in [6.07, 6.45) is 5.50. The maximum Gasteiger partial charge on any atom is 0.186 e. The quantitative estimate of drug-likeness (QED) is 0.528. The number of rotatable bonds is 1. The molecule has 4 aliphatic rings. The van der Waals surface area contributed by atoms with Gasteiger partial charge in [-0.25, -0.2) is 0 Å². The van der Waals surface area contributed by atoms with Crippen molar-refractivity contribution in [2.75, 3.05) is 0 Å². The molecule has 4 fully saturated rings. The SMILES string of the molecule is CC(=O)S[C@H]1C[C@@]2(C)C(C[C@@H](O)C3[C@@]4(C)CC[C@@H](O)[C@@H](C)C4CC[C@@]32C)C1=C(C)C. The second-order valence-electron chi connectivity index (χ2n) is 12.0. The minimum Gasteiger partial charge on any atom is -0.393 e. The van der Waals surface area contributed by atoms with E-state index in [1.165, 1.54) is 22.9 Å². The van der Waals surface area contributed by atoms with Gasteiger partial charge in [0.2, 0.25) is 0 Å². The zero-order chi connectivity index (χ0) is 22.2. The van der Waals surface area contributed by atoms with Gasteiger partial charge in [-0.1, -0.05) is 50.6 Å². The van der Waals surface area contributed by atoms with E-state index in [4.69, 9.17) is 0 Å². The minimum absolute atomic E-state index is 0.0510. The van der Waals surface area contributed by atoms with Crippen LogP contribution in [0.2, 0.25) is 0 Å². The molecule has 0 amide bonds. The molecular weight excluding hydrogens is 392 g/mol. The predicted molar refractivity (Wildman–Crippen MR) is 124 cm³/mol. The van der Waals surface area contributed by atoms with E-state index >= 15 is 0 Å². The van der Waals surface area contributed by atoms with Crippen LogP contribution in [-0.2, 0) is 4.79 Å². The molecule has 0 aromatic carbocycles. The molecule has 0 spiro atoms. The summed E-state index contributed by atoms with van der Waals surface area (Å²) in [5.41, 5.74) is 3.01. The van der Waals surface area contributed by atoms with E-state index in [0.717, 1.165) is 38.5 Å². The minimum atomic E-state index is -0.307. The highest BCUT2D eigenvalue weighted by molar-refractivity contribution is 8.14. The fourth-order valence-corrected chi connectivity index (χ4v) is 10.5. The fraction of sp³-hybridized carbons (Fsp3) is 0.885. The van der Waals surface area contributed by atoms with Crippen molar-refractivity contribution >= 4 is 16.9 Å². The third-order valence-electron chi connectivity index (χ3n) is 10.6. The number of thioether (sulfide) groups is 1. The van der Waals surface area contributed by atoms with Gasteiger partial charge < -0.3 is 10.2 Å². The molecule has 2 N–H and O–H groups in total. The number of carbonyl (C=O) groups is 1. The first-order valence-electron chi connectivity index (χ1n) is 12.1. The van der Waals surface area contributed by atoms with E-state index in [1.807, 2.05) is 0 Å². The average Bonchev–Trinajstić information content (AvgIpc) is 2.90. The second-order valence-corrected chi connectivity index (χ2v) is 13.4. The molecular formula is C26H42O3S. The molecule has 3 unspecified atom stereocenters. The van der Waals surface area contributed by atoms with E-state index in [0.29, 0.717) is 17.8 Å². The first kappa shape index (κ1) is 22.9. The zero-order valence-corrected chi connectivity index (χ0v) is 20.8. The van der Waals surface area contributed by atoms with Gasteiger partial charge in [-0.05, 0) is 92.3 Å². The van der Waals surface area contributed by atoms with Crippen molar-refractivity contribution in [3.05, 3.63) is 11.1 Å². The number of fused-ring (bicyclic) bond motifs is 5. The van der Waals surface area contributed by atoms with Gasteiger partial charge >= 0.3 is 0 Å². The summed E-state index contributed by atoms with van der Waals surface area (Å²) >= 11 is 1.51. The molecule has 4 aliphatic carbocycles. The van der Waals surface area contributed by atoms with Crippen LogP contribution < -0.4 is 0 Å². The van der Waals surface area contributed by atoms with E-state index < -0.39 is 0 Å². The van der Waals surface area contributed by atoms with Crippen LogP contribution in [0.1, 0.15) is 87.0 Å². The van der Waals surface area contributed by atoms with Crippen LogP contribution in [0.5, 0.6) is 0 Å². The lowest BCUT2D eigenvalue weighted by atomic mass is 9.36. The highest BCUT2D eigenvalue weighted by Gasteiger charge is 2.70. The molecule has 4 saturated carbocycles. The predicted octanol–water partition coefficient (Wildman–Crippen LogP) is 5.59. The number of aliphatic hydroxyl groups excluding tert-OH is 2. The topological polar surface area (TPSA) is 57.5 Å². The second kappa shape index (κ2) is 7.35. The van der Waals surface area contributed by atoms with Crippen LogP contribution in [0.4, 0.5) is 0 Å². The van der Waals surface area contributed by atoms with Crippen molar-refractivity contribution in [1.82, 2.24) is 0 Å². The van der Waals surface area contributed by atoms with Gasteiger partial charge in [-0.3, -0.25) is 4.79 Å². The lowest BCUT2D eigenvalue weighted by molar-refractivity contribution is -0.233. The molecule has 0 heterocycles. The normalized spacial score (nSPS) is 53.0. The summed E-state index contributed by atoms with van der Waals surface area (Å²) in [5, 5.41) is 22.7. The summed E-state index contributed by atoms with van der Waals surface area (Å²) in [6, 6.07) is 0. The molecule has 0 saturated heterocycles. The van der Waals surface area contributed by atoms with Crippen molar-refractivity contribution in [1.29, 1.82) is 0 Å². The van der Waals surface area contributed by atoms with E-state index in [-0.39, 0.29) is 44.7 Å². The van der Waals surface area contributed by atoms with Crippen LogP contribution in [0.25, 0.3) is 0 Å². The van der Waals surface area contributed by atoms with Gasteiger partial charge in [0.15, 0.2) is 5.12 Å². The van der Waals surface area contributed by atoms with Crippen molar-refractivity contribution < 1.29 is 15.0 Å². The highest BCUT2D eigenvalue weighted by Crippen LogP contribution is 2.74. The lowest BCUT2D eigenvalue weighted by Gasteiger charge is -2.69. The molecule has 0 radical (unpaired) electrons. The first-order chi connectivity index (χ1) is 13.9. The Morgan fingerprint density at radius 2 is 1.67 bits per heavy atom. The third kappa shape index (κ3) is 2.95. The molecule has 30 heavy (non-hydrogen) atoms. The summed E-state index contributed by atoms with van der Waals surface area (Å²) in [7, 11) is 0. The van der Waals surface area contributed by atoms with Crippen LogP contribution in [0, 0.1) is 39.9 Å². The van der Waals surface area contributed by atoms with Crippen LogP contribution in [0.15, 0.2) is 11.1 Å². The van der Waals surface area contributed by atoms with Crippen LogP contribution in [-0.4, -0.2) is 32.8 Å². The Morgan fingerprint density at radius 1 is 1.00 bits per heavy atom. The van der Waals surface area contributed by atoms with E-state index in [9.17, 15) is 15.0 Å². The molecule has 0 aliphatic heterocycles. The summed E-state index contributed by atoms with van der Waals surface area (Å²) in [4.78, 5) is 12.1. The smallest absolute Gasteiger partial charge is 0.186 e. The summed E-state index contributed by atoms with van der Waals surface area (Å²) in [5.74, 6) is 1.42. The Balaban J connectivity index is 1.79. The fourth-order valence-electron chi connectivity index (χ4n) is 9.17. The molecule has 0 aromatic heterocycles. The zero-order valence-electron chi connectivity index (χ0n) is 20.0. The number of aliphatic hydroxyl groups is 2. The van der Waals surface area contributed by atoms with Crippen molar-refractivity contribution in [3.8, 4) is 0 Å². The Kier molecular flexibility index (Phi) is 5.60. The lowest BCUT2D eigenvalue weighted by Crippen LogP contribution is -2.65. The molecule has 3 nitrogen and oxygen atoms in total. The Bertz CT molecular complexity index is 757. The maximum absolute atomic E-state index is 12.1. The van der Waals surface area contributed by atoms with Gasteiger partial charge in [0.05, 0.1) is 12.2 Å². The van der Waals surface area contributed by atoms with Crippen molar-refractivity contribution in [3.63, 3.8) is 0 Å². The Hall–Kier alpha value is -0.320. The number of carbonyl (C=O) groups excluding carboxylic acids is 1. The monoisotopic (exact) mass is 434 g/mol. The van der Waals surface area contributed by atoms with Gasteiger partial charge in [-0.2, -0.15) is 0 Å². The largest absolute Gasteiger partial charge is 0.393 e. The van der Waals surface area contributed by atoms with E-state index in [2.05, 4.69) is 41.5 Å². The van der Waals surface area contributed by atoms with Crippen LogP contribution >= 0.6 is 11.8 Å². The third-order valence-corrected chi connectivity index (χ3v) is 11.6. The molecule has 0 bridgehead atoms. The van der Waals surface area contributed by atoms with Crippen molar-refractivity contribution in [2.45, 2.75) is 104 Å². The number of hydrogen-bond acceptors (Lipinski definition) is 4. The van der Waals surface area contributed by atoms with Gasteiger partial charge in [0, 0.05) is 12.2 Å². The van der Waals surface area contributed by atoms with E-state index in [1.54, 1.807) is 6.92 Å². The van der Waals surface area contributed by atoms with Crippen molar-refractivity contribution in [2.24, 2.45) is 39.9 Å². The molecule has 170 valence electrons. The summed E-state index contributed by atoms with van der Waals surface area (Å²) in [6.45, 7) is 15.7. The Morgan fingerprint density at radius 3 is 2.27 bits per heavy atom. The van der Waals surface area contributed by atoms with Gasteiger partial charge in [-0.15, -0.1) is 0 Å². The van der Waals surface area contributed by atoms with Gasteiger partial charge in [0.1, 0.15) is 0 Å². The molecule has 0 aromatic rings. The van der Waals surface area contributed by atoms with Gasteiger partial charge in [0.25, 0.3) is 0 Å².